The second-order valence-electron chi connectivity index (χ2n) is 2.61. The molecule has 0 bridgehead atoms. The Labute approximate surface area is 62.2 Å². The van der Waals surface area contributed by atoms with Gasteiger partial charge < -0.3 is 0 Å². The molecule has 10 heavy (non-hydrogen) atoms. The van der Waals surface area contributed by atoms with Crippen LogP contribution < -0.4 is 0 Å². The van der Waals surface area contributed by atoms with Crippen molar-refractivity contribution in [2.75, 3.05) is 0 Å². The molecule has 4 heteroatoms. The van der Waals surface area contributed by atoms with E-state index in [4.69, 9.17) is 0 Å². The van der Waals surface area contributed by atoms with Crippen molar-refractivity contribution in [2.24, 2.45) is 5.92 Å². The van der Waals surface area contributed by atoms with Crippen LogP contribution in [0.15, 0.2) is 0 Å². The van der Waals surface area contributed by atoms with Crippen LogP contribution in [0.1, 0.15) is 19.8 Å². The summed E-state index contributed by atoms with van der Waals surface area (Å²) in [6, 6.07) is 0. The van der Waals surface area contributed by atoms with Crippen molar-refractivity contribution in [1.29, 1.82) is 0 Å². The molecule has 0 aromatic heterocycles. The number of halogens is 3. The van der Waals surface area contributed by atoms with E-state index in [1.54, 1.807) is 6.92 Å². The lowest BCUT2D eigenvalue weighted by molar-refractivity contribution is -0.0334. The van der Waals surface area contributed by atoms with Crippen LogP contribution in [0.2, 0.25) is 0 Å². The first-order valence-corrected chi connectivity index (χ1v) is 4.11. The average molecular weight is 170 g/mol. The molecule has 60 valence electrons. The van der Waals surface area contributed by atoms with Gasteiger partial charge in [-0.3, -0.25) is 0 Å². The fraction of sp³-hybridized carbons (Fsp3) is 1.00. The van der Waals surface area contributed by atoms with Crippen molar-refractivity contribution in [3.63, 3.8) is 0 Å². The Balaban J connectivity index is 2.23. The molecule has 1 aliphatic carbocycles. The van der Waals surface area contributed by atoms with Gasteiger partial charge in [0.25, 0.3) is 0 Å². The molecule has 0 heterocycles. The van der Waals surface area contributed by atoms with Crippen molar-refractivity contribution in [2.45, 2.75) is 30.5 Å². The second-order valence-corrected chi connectivity index (χ2v) is 4.05. The first-order valence-electron chi connectivity index (χ1n) is 3.23. The van der Waals surface area contributed by atoms with Crippen LogP contribution in [-0.2, 0) is 0 Å². The summed E-state index contributed by atoms with van der Waals surface area (Å²) in [6.45, 7) is 1.65. The molecule has 0 aliphatic heterocycles. The van der Waals surface area contributed by atoms with Gasteiger partial charge in [-0.15, -0.1) is 0 Å². The average Bonchev–Trinajstić information content (AvgIpc) is 2.35. The molecule has 1 aliphatic rings. The maximum atomic E-state index is 11.7. The third kappa shape index (κ3) is 2.82. The molecule has 0 radical (unpaired) electrons. The predicted octanol–water partition coefficient (Wildman–Crippen LogP) is 3.04. The number of alkyl halides is 3. The zero-order valence-electron chi connectivity index (χ0n) is 5.61. The number of thioether (sulfide) groups is 1. The van der Waals surface area contributed by atoms with Gasteiger partial charge in [-0.2, -0.15) is 13.2 Å². The first-order chi connectivity index (χ1) is 4.49. The molecular weight excluding hydrogens is 161 g/mol. The van der Waals surface area contributed by atoms with Crippen molar-refractivity contribution < 1.29 is 13.2 Å². The molecule has 1 saturated carbocycles. The van der Waals surface area contributed by atoms with Gasteiger partial charge in [0.15, 0.2) is 0 Å². The Hall–Kier alpha value is 0.140. The maximum absolute atomic E-state index is 11.7. The highest BCUT2D eigenvalue weighted by Crippen LogP contribution is 2.44. The molecule has 1 rings (SSSR count). The monoisotopic (exact) mass is 170 g/mol. The van der Waals surface area contributed by atoms with E-state index in [0.29, 0.717) is 5.92 Å². The highest BCUT2D eigenvalue weighted by atomic mass is 32.2. The summed E-state index contributed by atoms with van der Waals surface area (Å²) in [6.07, 6.45) is 1.95. The van der Waals surface area contributed by atoms with E-state index >= 15 is 0 Å². The minimum atomic E-state index is -4.04. The number of hydrogen-bond donors (Lipinski definition) is 0. The zero-order chi connectivity index (χ0) is 7.78. The minimum Gasteiger partial charge on any atom is -0.160 e. The zero-order valence-corrected chi connectivity index (χ0v) is 6.43. The van der Waals surface area contributed by atoms with Crippen LogP contribution in [0.4, 0.5) is 13.2 Å². The van der Waals surface area contributed by atoms with E-state index in [9.17, 15) is 13.2 Å². The second kappa shape index (κ2) is 2.64. The van der Waals surface area contributed by atoms with Crippen LogP contribution in [-0.4, -0.2) is 10.8 Å². The van der Waals surface area contributed by atoms with Gasteiger partial charge in [0, 0.05) is 5.25 Å². The van der Waals surface area contributed by atoms with Crippen molar-refractivity contribution in [1.82, 2.24) is 0 Å². The molecule has 0 N–H and O–H groups in total. The van der Waals surface area contributed by atoms with E-state index in [1.165, 1.54) is 0 Å². The normalized spacial score (nSPS) is 22.8. The predicted molar refractivity (Wildman–Crippen MR) is 35.8 cm³/mol. The van der Waals surface area contributed by atoms with Crippen LogP contribution in [0.25, 0.3) is 0 Å². The summed E-state index contributed by atoms with van der Waals surface area (Å²) >= 11 is 0.127. The maximum Gasteiger partial charge on any atom is 0.442 e. The Kier molecular flexibility index (Phi) is 2.18. The Morgan fingerprint density at radius 1 is 1.40 bits per heavy atom. The highest BCUT2D eigenvalue weighted by molar-refractivity contribution is 8.00. The highest BCUT2D eigenvalue weighted by Gasteiger charge is 2.38. The van der Waals surface area contributed by atoms with E-state index in [2.05, 4.69) is 0 Å². The van der Waals surface area contributed by atoms with E-state index in [-0.39, 0.29) is 17.0 Å². The lowest BCUT2D eigenvalue weighted by Crippen LogP contribution is -2.09. The van der Waals surface area contributed by atoms with Crippen molar-refractivity contribution in [3.8, 4) is 0 Å². The Bertz CT molecular complexity index is 117. The number of hydrogen-bond acceptors (Lipinski definition) is 1. The lowest BCUT2D eigenvalue weighted by atomic mass is 10.3. The minimum absolute atomic E-state index is 0.127. The summed E-state index contributed by atoms with van der Waals surface area (Å²) < 4.78 is 35.0. The van der Waals surface area contributed by atoms with Gasteiger partial charge in [-0.05, 0) is 30.5 Å². The third-order valence-corrected chi connectivity index (χ3v) is 2.63. The molecular formula is C6H9F3S. The smallest absolute Gasteiger partial charge is 0.160 e. The number of rotatable bonds is 2. The molecule has 0 spiro atoms. The Morgan fingerprint density at radius 3 is 2.20 bits per heavy atom. The van der Waals surface area contributed by atoms with Gasteiger partial charge >= 0.3 is 5.51 Å². The fourth-order valence-electron chi connectivity index (χ4n) is 0.873. The molecule has 1 atom stereocenters. The van der Waals surface area contributed by atoms with E-state index in [0.717, 1.165) is 12.8 Å². The standard InChI is InChI=1S/C6H9F3S/c1-4(5-2-3-5)10-6(7,8)9/h4-5H,2-3H2,1H3. The quantitative estimate of drug-likeness (QED) is 0.613. The van der Waals surface area contributed by atoms with E-state index < -0.39 is 5.51 Å². The van der Waals surface area contributed by atoms with Crippen LogP contribution in [0, 0.1) is 5.92 Å². The molecule has 0 saturated heterocycles. The summed E-state index contributed by atoms with van der Waals surface area (Å²) in [4.78, 5) is 0. The van der Waals surface area contributed by atoms with Crippen LogP contribution in [0.5, 0.6) is 0 Å². The SMILES string of the molecule is CC(SC(F)(F)F)C1CC1. The van der Waals surface area contributed by atoms with Crippen LogP contribution in [0.3, 0.4) is 0 Å². The summed E-state index contributed by atoms with van der Waals surface area (Å²) in [5, 5.41) is -0.236. The first kappa shape index (κ1) is 8.24. The van der Waals surface area contributed by atoms with Crippen molar-refractivity contribution in [3.05, 3.63) is 0 Å². The van der Waals surface area contributed by atoms with Crippen molar-refractivity contribution >= 4 is 11.8 Å². The van der Waals surface area contributed by atoms with Gasteiger partial charge in [0.1, 0.15) is 0 Å². The molecule has 0 aromatic rings. The molecule has 0 nitrogen and oxygen atoms in total. The molecule has 1 fully saturated rings. The fourth-order valence-corrected chi connectivity index (χ4v) is 1.76. The molecule has 1 unspecified atom stereocenters. The lowest BCUT2D eigenvalue weighted by Gasteiger charge is -2.11. The van der Waals surface area contributed by atoms with Crippen LogP contribution >= 0.6 is 11.8 Å². The van der Waals surface area contributed by atoms with E-state index in [1.807, 2.05) is 0 Å². The largest absolute Gasteiger partial charge is 0.442 e. The topological polar surface area (TPSA) is 0 Å². The summed E-state index contributed by atoms with van der Waals surface area (Å²) in [5.74, 6) is 0.326. The van der Waals surface area contributed by atoms with Gasteiger partial charge in [-0.25, -0.2) is 0 Å². The van der Waals surface area contributed by atoms with Gasteiger partial charge in [0.05, 0.1) is 0 Å². The van der Waals surface area contributed by atoms with Gasteiger partial charge in [-0.1, -0.05) is 6.92 Å². The van der Waals surface area contributed by atoms with Gasteiger partial charge in [0.2, 0.25) is 0 Å². The molecule has 0 aromatic carbocycles. The summed E-state index contributed by atoms with van der Waals surface area (Å²) in [5.41, 5.74) is -4.04. The summed E-state index contributed by atoms with van der Waals surface area (Å²) in [7, 11) is 0. The molecule has 0 amide bonds. The Morgan fingerprint density at radius 2 is 1.90 bits per heavy atom. The third-order valence-electron chi connectivity index (χ3n) is 1.61.